The smallest absolute Gasteiger partial charge is 0.411 e. The molecule has 1 aliphatic rings. The zero-order valence-corrected chi connectivity index (χ0v) is 24.1. The van der Waals surface area contributed by atoms with Gasteiger partial charge >= 0.3 is 18.2 Å². The molecule has 2 heterocycles. The van der Waals surface area contributed by atoms with E-state index < -0.39 is 40.7 Å². The molecule has 1 aromatic heterocycles. The maximum Gasteiger partial charge on any atom is 0.411 e. The second kappa shape index (κ2) is 11.0. The number of aromatic nitrogens is 2. The minimum atomic E-state index is -5.91. The van der Waals surface area contributed by atoms with E-state index in [4.69, 9.17) is 0 Å². The number of benzene rings is 2. The number of aryl methyl sites for hydroxylation is 4. The Morgan fingerprint density at radius 2 is 1.33 bits per heavy atom. The highest BCUT2D eigenvalue weighted by atomic mass is 19.4. The van der Waals surface area contributed by atoms with Crippen LogP contribution < -0.4 is 19.7 Å². The number of halogens is 6. The van der Waals surface area contributed by atoms with Crippen molar-refractivity contribution < 1.29 is 50.6 Å². The van der Waals surface area contributed by atoms with Crippen molar-refractivity contribution in [2.45, 2.75) is 31.6 Å². The molecule has 0 aliphatic carbocycles. The average Bonchev–Trinajstić information content (AvgIpc) is 3.40. The van der Waals surface area contributed by atoms with Crippen molar-refractivity contribution >= 4 is 29.0 Å². The fourth-order valence-electron chi connectivity index (χ4n) is 5.10. The van der Waals surface area contributed by atoms with Gasteiger partial charge in [0.2, 0.25) is 11.6 Å². The maximum absolute atomic E-state index is 15.0. The second-order valence-corrected chi connectivity index (χ2v) is 10.4. The zero-order chi connectivity index (χ0) is 32.1. The molecule has 228 valence electrons. The molecule has 0 amide bonds. The van der Waals surface area contributed by atoms with Crippen LogP contribution in [0, 0.1) is 13.8 Å². The molecule has 1 unspecified atom stereocenters. The highest BCUT2D eigenvalue weighted by molar-refractivity contribution is 6.30. The van der Waals surface area contributed by atoms with Gasteiger partial charge in [-0.1, -0.05) is 24.3 Å². The van der Waals surface area contributed by atoms with E-state index in [0.29, 0.717) is 17.0 Å². The number of alkyl halides is 6. The van der Waals surface area contributed by atoms with Gasteiger partial charge in [0, 0.05) is 0 Å². The van der Waals surface area contributed by atoms with Crippen molar-refractivity contribution in [3.63, 3.8) is 0 Å². The van der Waals surface area contributed by atoms with Crippen LogP contribution >= 0.6 is 0 Å². The third-order valence-electron chi connectivity index (χ3n) is 7.43. The highest BCUT2D eigenvalue weighted by Crippen LogP contribution is 2.57. The lowest BCUT2D eigenvalue weighted by molar-refractivity contribution is -0.732. The molecule has 0 saturated heterocycles. The summed E-state index contributed by atoms with van der Waals surface area (Å²) in [5.41, 5.74) is -7.24. The molecule has 1 aliphatic heterocycles. The first-order valence-corrected chi connectivity index (χ1v) is 12.9. The first-order valence-electron chi connectivity index (χ1n) is 12.9. The summed E-state index contributed by atoms with van der Waals surface area (Å²) in [6.45, 7) is 2.85. The van der Waals surface area contributed by atoms with Crippen molar-refractivity contribution in [1.82, 2.24) is 4.57 Å². The van der Waals surface area contributed by atoms with Crippen molar-refractivity contribution in [2.75, 3.05) is 14.1 Å². The minimum absolute atomic E-state index is 0.0608. The lowest BCUT2D eigenvalue weighted by atomic mass is 9.72. The fraction of sp³-hybridized carbons (Fsp3) is 0.310. The predicted octanol–water partition coefficient (Wildman–Crippen LogP) is 1.75. The Kier molecular flexibility index (Phi) is 8.04. The van der Waals surface area contributed by atoms with Crippen LogP contribution in [0.5, 0.6) is 0 Å². The van der Waals surface area contributed by atoms with Crippen molar-refractivity contribution in [1.29, 1.82) is 0 Å². The lowest BCUT2D eigenvalue weighted by Crippen LogP contribution is -3.08. The molecule has 8 nitrogen and oxygen atoms in total. The van der Waals surface area contributed by atoms with Crippen LogP contribution in [0.15, 0.2) is 71.2 Å². The summed E-state index contributed by atoms with van der Waals surface area (Å²) >= 11 is 0. The monoisotopic (exact) mass is 607 g/mol. The first kappa shape index (κ1) is 31.5. The van der Waals surface area contributed by atoms with E-state index in [1.165, 1.54) is 27.6 Å². The number of quaternary nitrogens is 1. The summed E-state index contributed by atoms with van der Waals surface area (Å²) < 4.78 is 94.1. The summed E-state index contributed by atoms with van der Waals surface area (Å²) in [5, 5.41) is 25.9. The third kappa shape index (κ3) is 5.42. The SMILES string of the molecule is Cc1ccc(C(c2ccc(C)c(N=C([O-])c3n(C)cc[n+]3C)c2)(C(F)(F)F)C(F)(F)F)cc1N=C([O-])C1=[N+](C)C=C[NH+]1C. The molecular formula is C29H29F6N6O2+. The molecule has 0 spiro atoms. The number of rotatable bonds is 6. The van der Waals surface area contributed by atoms with Crippen LogP contribution in [-0.2, 0) is 19.5 Å². The number of amidine groups is 1. The Labute approximate surface area is 243 Å². The van der Waals surface area contributed by atoms with Crippen molar-refractivity contribution in [2.24, 2.45) is 24.1 Å². The van der Waals surface area contributed by atoms with E-state index in [2.05, 4.69) is 9.98 Å². The van der Waals surface area contributed by atoms with Gasteiger partial charge in [-0.15, -0.1) is 4.58 Å². The molecule has 14 heteroatoms. The normalized spacial score (nSPS) is 16.9. The number of aliphatic imine (C=N–C) groups is 2. The Balaban J connectivity index is 1.97. The molecule has 1 N–H and O–H groups in total. The lowest BCUT2D eigenvalue weighted by Gasteiger charge is -2.38. The predicted molar refractivity (Wildman–Crippen MR) is 142 cm³/mol. The summed E-state index contributed by atoms with van der Waals surface area (Å²) in [5.74, 6) is -1.47. The summed E-state index contributed by atoms with van der Waals surface area (Å²) in [6, 6.07) is 4.82. The summed E-state index contributed by atoms with van der Waals surface area (Å²) in [6.07, 6.45) is -5.49. The Morgan fingerprint density at radius 1 is 0.837 bits per heavy atom. The topological polar surface area (TPSA) is 87.1 Å². The standard InChI is InChI=1S/C29H28F6N6O2/c1-17-7-9-19(15-21(17)36-23(42)25-38(3)11-12-39(25)4)27(28(30,31)32,29(33,34)35)20-10-8-18(2)22(16-20)37-24(43)26-40(5)13-14-41(26)6/h7-16H,1-6H3/p+1. The molecule has 43 heavy (non-hydrogen) atoms. The van der Waals surface area contributed by atoms with E-state index >= 15 is 0 Å². The van der Waals surface area contributed by atoms with E-state index in [1.807, 2.05) is 0 Å². The molecule has 2 aromatic carbocycles. The largest absolute Gasteiger partial charge is 0.853 e. The molecule has 3 aromatic rings. The van der Waals surface area contributed by atoms with E-state index in [1.54, 1.807) is 53.0 Å². The average molecular weight is 608 g/mol. The number of hydrogen-bond acceptors (Lipinski definition) is 4. The molecule has 0 bridgehead atoms. The Morgan fingerprint density at radius 3 is 1.72 bits per heavy atom. The van der Waals surface area contributed by atoms with Crippen molar-refractivity contribution in [3.05, 3.63) is 89.3 Å². The van der Waals surface area contributed by atoms with Gasteiger partial charge in [-0.25, -0.2) is 14.0 Å². The van der Waals surface area contributed by atoms with E-state index in [9.17, 15) is 36.6 Å². The van der Waals surface area contributed by atoms with Gasteiger partial charge in [-0.05, 0) is 48.2 Å². The Bertz CT molecular complexity index is 1660. The quantitative estimate of drug-likeness (QED) is 0.201. The number of imidazole rings is 1. The number of hydrogen-bond donors (Lipinski definition) is 1. The fourth-order valence-corrected chi connectivity index (χ4v) is 5.10. The Hall–Kier alpha value is -4.46. The highest BCUT2D eigenvalue weighted by Gasteiger charge is 2.72. The first-order chi connectivity index (χ1) is 19.9. The second-order valence-electron chi connectivity index (χ2n) is 10.4. The molecule has 4 rings (SSSR count). The van der Waals surface area contributed by atoms with Gasteiger partial charge in [0.25, 0.3) is 5.82 Å². The molecular weight excluding hydrogens is 578 g/mol. The van der Waals surface area contributed by atoms with E-state index in [-0.39, 0.29) is 34.2 Å². The van der Waals surface area contributed by atoms with Crippen LogP contribution in [0.25, 0.3) is 0 Å². The maximum atomic E-state index is 15.0. The number of nitrogens with zero attached hydrogens (tertiary/aromatic N) is 5. The van der Waals surface area contributed by atoms with Crippen LogP contribution in [0.1, 0.15) is 28.1 Å². The molecule has 0 radical (unpaired) electrons. The number of nitrogens with one attached hydrogen (secondary N) is 1. The van der Waals surface area contributed by atoms with Crippen LogP contribution in [0.4, 0.5) is 37.7 Å². The third-order valence-corrected chi connectivity index (χ3v) is 7.43. The zero-order valence-electron chi connectivity index (χ0n) is 24.1. The molecule has 0 fully saturated rings. The van der Waals surface area contributed by atoms with Gasteiger partial charge in [-0.3, -0.25) is 9.98 Å². The van der Waals surface area contributed by atoms with Gasteiger partial charge in [0.05, 0.1) is 38.4 Å². The minimum Gasteiger partial charge on any atom is -0.853 e. The summed E-state index contributed by atoms with van der Waals surface area (Å²) in [7, 11) is 6.30. The van der Waals surface area contributed by atoms with E-state index in [0.717, 1.165) is 24.3 Å². The van der Waals surface area contributed by atoms with Gasteiger partial charge in [0.15, 0.2) is 6.20 Å². The van der Waals surface area contributed by atoms with Crippen LogP contribution in [0.3, 0.4) is 0 Å². The van der Waals surface area contributed by atoms with Gasteiger partial charge in [0.1, 0.15) is 25.3 Å². The van der Waals surface area contributed by atoms with Crippen LogP contribution in [-0.4, -0.2) is 53.2 Å². The molecule has 1 atom stereocenters. The van der Waals surface area contributed by atoms with Gasteiger partial charge in [-0.2, -0.15) is 26.3 Å². The number of likely N-dealkylation sites (N-methyl/N-ethyl adjacent to an activating group) is 1. The van der Waals surface area contributed by atoms with Gasteiger partial charge < -0.3 is 10.2 Å². The van der Waals surface area contributed by atoms with Crippen molar-refractivity contribution in [3.8, 4) is 0 Å². The summed E-state index contributed by atoms with van der Waals surface area (Å²) in [4.78, 5) is 8.34. The van der Waals surface area contributed by atoms with Crippen LogP contribution in [0.2, 0.25) is 0 Å². The molecule has 0 saturated carbocycles.